The Hall–Kier alpha value is -3.22. The van der Waals surface area contributed by atoms with E-state index in [1.165, 1.54) is 19.8 Å². The summed E-state index contributed by atoms with van der Waals surface area (Å²) >= 11 is 0. The number of fused-ring (bicyclic) bond motifs is 2. The Morgan fingerprint density at radius 3 is 2.56 bits per heavy atom. The maximum Gasteiger partial charge on any atom is 0.308 e. The first-order valence-electron chi connectivity index (χ1n) is 14.3. The van der Waals surface area contributed by atoms with E-state index in [1.807, 2.05) is 61.7 Å². The predicted molar refractivity (Wildman–Crippen MR) is 152 cm³/mol. The molecule has 0 radical (unpaired) electrons. The number of likely N-dealkylation sites (tertiary alicyclic amines) is 1. The minimum atomic E-state index is -0.376. The van der Waals surface area contributed by atoms with Gasteiger partial charge in [0.1, 0.15) is 5.75 Å². The van der Waals surface area contributed by atoms with Crippen LogP contribution in [-0.4, -0.2) is 55.2 Å². The first-order valence-corrected chi connectivity index (χ1v) is 14.3. The molecule has 6 heteroatoms. The van der Waals surface area contributed by atoms with Gasteiger partial charge < -0.3 is 19.7 Å². The highest BCUT2D eigenvalue weighted by Gasteiger charge is 2.59. The zero-order valence-corrected chi connectivity index (χ0v) is 22.9. The van der Waals surface area contributed by atoms with E-state index >= 15 is 0 Å². The molecule has 204 valence electrons. The van der Waals surface area contributed by atoms with E-state index < -0.39 is 0 Å². The molecule has 1 saturated heterocycles. The van der Waals surface area contributed by atoms with Crippen molar-refractivity contribution in [2.45, 2.75) is 62.5 Å². The molecule has 39 heavy (non-hydrogen) atoms. The Balaban J connectivity index is 1.30. The lowest BCUT2D eigenvalue weighted by atomic mass is 9.55. The Labute approximate surface area is 230 Å². The number of amides is 1. The smallest absolute Gasteiger partial charge is 0.308 e. The number of methoxy groups -OCH3 is 1. The summed E-state index contributed by atoms with van der Waals surface area (Å²) in [5.41, 5.74) is 1.12. The summed E-state index contributed by atoms with van der Waals surface area (Å²) in [5, 5.41) is 5.57. The molecule has 3 aromatic carbocycles. The fourth-order valence-electron chi connectivity index (χ4n) is 7.16. The Bertz CT molecular complexity index is 1380. The molecular weight excluding hydrogens is 488 g/mol. The van der Waals surface area contributed by atoms with Gasteiger partial charge in [0.2, 0.25) is 0 Å². The summed E-state index contributed by atoms with van der Waals surface area (Å²) in [6.45, 7) is 4.43. The third-order valence-corrected chi connectivity index (χ3v) is 9.30. The molecule has 0 bridgehead atoms. The Morgan fingerprint density at radius 2 is 1.79 bits per heavy atom. The molecular formula is C33H38N2O4. The number of benzene rings is 3. The maximum absolute atomic E-state index is 13.5. The predicted octanol–water partition coefficient (Wildman–Crippen LogP) is 5.49. The van der Waals surface area contributed by atoms with Gasteiger partial charge in [-0.1, -0.05) is 42.5 Å². The summed E-state index contributed by atoms with van der Waals surface area (Å²) in [6.07, 6.45) is 6.07. The van der Waals surface area contributed by atoms with Gasteiger partial charge in [0.15, 0.2) is 0 Å². The maximum atomic E-state index is 13.5. The van der Waals surface area contributed by atoms with E-state index in [2.05, 4.69) is 22.3 Å². The number of rotatable bonds is 7. The highest BCUT2D eigenvalue weighted by molar-refractivity contribution is 5.98. The number of nitrogens with one attached hydrogen (secondary N) is 1. The highest BCUT2D eigenvalue weighted by atomic mass is 16.5. The third-order valence-electron chi connectivity index (χ3n) is 9.30. The normalized spacial score (nSPS) is 27.1. The minimum absolute atomic E-state index is 0.0135. The van der Waals surface area contributed by atoms with Crippen molar-refractivity contribution in [2.75, 3.05) is 26.7 Å². The van der Waals surface area contributed by atoms with Gasteiger partial charge >= 0.3 is 5.97 Å². The van der Waals surface area contributed by atoms with Crippen LogP contribution in [0.2, 0.25) is 0 Å². The van der Waals surface area contributed by atoms with Crippen LogP contribution in [0.5, 0.6) is 5.75 Å². The summed E-state index contributed by atoms with van der Waals surface area (Å²) < 4.78 is 12.0. The van der Waals surface area contributed by atoms with Gasteiger partial charge in [-0.2, -0.15) is 0 Å². The Morgan fingerprint density at radius 1 is 0.974 bits per heavy atom. The lowest BCUT2D eigenvalue weighted by molar-refractivity contribution is -0.148. The van der Waals surface area contributed by atoms with Crippen molar-refractivity contribution in [3.63, 3.8) is 0 Å². The number of carbonyl (C=O) groups excluding carboxylic acids is 2. The summed E-state index contributed by atoms with van der Waals surface area (Å²) in [4.78, 5) is 27.8. The lowest BCUT2D eigenvalue weighted by Gasteiger charge is -2.60. The van der Waals surface area contributed by atoms with Crippen LogP contribution < -0.4 is 10.1 Å². The van der Waals surface area contributed by atoms with E-state index in [4.69, 9.17) is 9.47 Å². The fraction of sp³-hybridized carbons (Fsp3) is 0.455. The molecule has 0 unspecified atom stereocenters. The fourth-order valence-corrected chi connectivity index (χ4v) is 7.16. The number of esters is 1. The van der Waals surface area contributed by atoms with Crippen molar-refractivity contribution < 1.29 is 19.1 Å². The largest absolute Gasteiger partial charge is 0.427 e. The summed E-state index contributed by atoms with van der Waals surface area (Å²) in [6, 6.07) is 22.0. The van der Waals surface area contributed by atoms with Crippen LogP contribution in [0.4, 0.5) is 0 Å². The minimum Gasteiger partial charge on any atom is -0.427 e. The molecule has 1 N–H and O–H groups in total. The van der Waals surface area contributed by atoms with Crippen LogP contribution in [0.15, 0.2) is 66.7 Å². The van der Waals surface area contributed by atoms with Crippen LogP contribution in [-0.2, 0) is 14.9 Å². The molecule has 1 aliphatic heterocycles. The molecule has 0 aromatic heterocycles. The van der Waals surface area contributed by atoms with Crippen molar-refractivity contribution in [2.24, 2.45) is 5.92 Å². The molecule has 6 nitrogen and oxygen atoms in total. The van der Waals surface area contributed by atoms with Crippen molar-refractivity contribution in [3.8, 4) is 5.75 Å². The number of nitrogens with zero attached hydrogens (tertiary/aromatic N) is 1. The number of hydrogen-bond donors (Lipinski definition) is 1. The summed E-state index contributed by atoms with van der Waals surface area (Å²) in [5.74, 6) is 1.01. The molecule has 3 atom stereocenters. The summed E-state index contributed by atoms with van der Waals surface area (Å²) in [7, 11) is 1.85. The third kappa shape index (κ3) is 5.08. The lowest BCUT2D eigenvalue weighted by Crippen LogP contribution is -2.68. The van der Waals surface area contributed by atoms with Crippen molar-refractivity contribution in [1.29, 1.82) is 0 Å². The SMILES string of the molecule is CO[C@]12CC[C@H](NC(=O)c3ccc4ccccc4c3)C[C@]1(c1cccc(OC(C)=O)c1)CCN(CC1CC1)C2. The average Bonchev–Trinajstić information content (AvgIpc) is 3.76. The molecule has 3 aliphatic rings. The molecule has 3 fully saturated rings. The monoisotopic (exact) mass is 526 g/mol. The molecule has 1 heterocycles. The van der Waals surface area contributed by atoms with Crippen LogP contribution in [0, 0.1) is 5.92 Å². The van der Waals surface area contributed by atoms with Gasteiger partial charge in [-0.15, -0.1) is 0 Å². The second-order valence-electron chi connectivity index (χ2n) is 11.8. The first kappa shape index (κ1) is 26.0. The van der Waals surface area contributed by atoms with Crippen LogP contribution >= 0.6 is 0 Å². The number of hydrogen-bond acceptors (Lipinski definition) is 5. The number of piperidine rings is 1. The van der Waals surface area contributed by atoms with Crippen LogP contribution in [0.25, 0.3) is 10.8 Å². The zero-order valence-electron chi connectivity index (χ0n) is 22.9. The van der Waals surface area contributed by atoms with E-state index in [0.29, 0.717) is 11.3 Å². The average molecular weight is 527 g/mol. The number of carbonyl (C=O) groups is 2. The van der Waals surface area contributed by atoms with Gasteiger partial charge in [-0.3, -0.25) is 9.59 Å². The van der Waals surface area contributed by atoms with Gasteiger partial charge in [0, 0.05) is 44.1 Å². The molecule has 2 aliphatic carbocycles. The Kier molecular flexibility index (Phi) is 6.94. The van der Waals surface area contributed by atoms with Gasteiger partial charge in [-0.05, 0) is 91.6 Å². The second-order valence-corrected chi connectivity index (χ2v) is 11.8. The molecule has 2 saturated carbocycles. The van der Waals surface area contributed by atoms with E-state index in [9.17, 15) is 9.59 Å². The molecule has 6 rings (SSSR count). The molecule has 3 aromatic rings. The second kappa shape index (κ2) is 10.4. The van der Waals surface area contributed by atoms with Crippen molar-refractivity contribution in [1.82, 2.24) is 10.2 Å². The van der Waals surface area contributed by atoms with Gasteiger partial charge in [0.05, 0.1) is 5.60 Å². The zero-order chi connectivity index (χ0) is 27.0. The van der Waals surface area contributed by atoms with E-state index in [0.717, 1.165) is 67.6 Å². The van der Waals surface area contributed by atoms with Crippen LogP contribution in [0.3, 0.4) is 0 Å². The molecule has 0 spiro atoms. The van der Waals surface area contributed by atoms with E-state index in [-0.39, 0.29) is 28.9 Å². The van der Waals surface area contributed by atoms with Crippen molar-refractivity contribution >= 4 is 22.6 Å². The van der Waals surface area contributed by atoms with Gasteiger partial charge in [0.25, 0.3) is 5.91 Å². The van der Waals surface area contributed by atoms with Gasteiger partial charge in [-0.25, -0.2) is 0 Å². The molecule has 1 amide bonds. The highest BCUT2D eigenvalue weighted by Crippen LogP contribution is 2.54. The quantitative estimate of drug-likeness (QED) is 0.326. The van der Waals surface area contributed by atoms with Crippen LogP contribution in [0.1, 0.15) is 61.4 Å². The van der Waals surface area contributed by atoms with E-state index in [1.54, 1.807) is 0 Å². The standard InChI is InChI=1S/C33H38N2O4/c1-23(36)39-30-9-5-8-28(19-30)32-16-17-35(21-24-10-11-24)22-33(32,38-2)15-14-29(20-32)34-31(37)27-13-12-25-6-3-4-7-26(25)18-27/h3-9,12-13,18-19,24,29H,10-11,14-17,20-22H2,1-2H3,(H,34,37)/t29-,32-,33-/m0/s1. The first-order chi connectivity index (χ1) is 18.9. The van der Waals surface area contributed by atoms with Crippen molar-refractivity contribution in [3.05, 3.63) is 77.9 Å². The number of ether oxygens (including phenoxy) is 2. The topological polar surface area (TPSA) is 67.9 Å².